The van der Waals surface area contributed by atoms with E-state index in [4.69, 9.17) is 4.42 Å². The molecule has 16 heavy (non-hydrogen) atoms. The maximum absolute atomic E-state index is 11.9. The predicted molar refractivity (Wildman–Crippen MR) is 58.3 cm³/mol. The van der Waals surface area contributed by atoms with Gasteiger partial charge in [0, 0.05) is 11.8 Å². The Labute approximate surface area is 92.3 Å². The summed E-state index contributed by atoms with van der Waals surface area (Å²) < 4.78 is 5.22. The van der Waals surface area contributed by atoms with Crippen LogP contribution in [0, 0.1) is 0 Å². The van der Waals surface area contributed by atoms with E-state index in [-0.39, 0.29) is 5.91 Å². The van der Waals surface area contributed by atoms with E-state index < -0.39 is 0 Å². The molecule has 1 aliphatic rings. The number of aromatic nitrogens is 1. The summed E-state index contributed by atoms with van der Waals surface area (Å²) in [6.45, 7) is 0. The standard InChI is InChI=1S/C12H10N2O2/c15-11-9-2-1-6-13-10(9)4-3-8-5-7-16-12(8)14-11/h1-2,5-7H,3-4H2,(H,14,15). The number of amides is 1. The van der Waals surface area contributed by atoms with Crippen LogP contribution in [0.5, 0.6) is 0 Å². The summed E-state index contributed by atoms with van der Waals surface area (Å²) >= 11 is 0. The first-order valence-corrected chi connectivity index (χ1v) is 5.16. The largest absolute Gasteiger partial charge is 0.448 e. The van der Waals surface area contributed by atoms with E-state index in [1.165, 1.54) is 0 Å². The molecular formula is C12H10N2O2. The zero-order valence-electron chi connectivity index (χ0n) is 8.56. The topological polar surface area (TPSA) is 55.1 Å². The lowest BCUT2D eigenvalue weighted by Crippen LogP contribution is -2.18. The van der Waals surface area contributed by atoms with Crippen LogP contribution in [-0.2, 0) is 12.8 Å². The lowest BCUT2D eigenvalue weighted by Gasteiger charge is -2.12. The molecule has 0 atom stereocenters. The number of fused-ring (bicyclic) bond motifs is 2. The smallest absolute Gasteiger partial charge is 0.259 e. The minimum absolute atomic E-state index is 0.154. The Morgan fingerprint density at radius 2 is 2.25 bits per heavy atom. The number of nitrogens with one attached hydrogen (secondary N) is 1. The van der Waals surface area contributed by atoms with Crippen molar-refractivity contribution in [2.75, 3.05) is 5.32 Å². The molecule has 4 nitrogen and oxygen atoms in total. The van der Waals surface area contributed by atoms with Crippen molar-refractivity contribution >= 4 is 11.8 Å². The number of carbonyl (C=O) groups excluding carboxylic acids is 1. The van der Waals surface area contributed by atoms with Gasteiger partial charge in [-0.3, -0.25) is 15.1 Å². The average Bonchev–Trinajstić information content (AvgIpc) is 2.72. The fourth-order valence-corrected chi connectivity index (χ4v) is 1.91. The third kappa shape index (κ3) is 1.39. The fourth-order valence-electron chi connectivity index (χ4n) is 1.91. The molecule has 0 radical (unpaired) electrons. The molecule has 80 valence electrons. The molecule has 0 aliphatic carbocycles. The van der Waals surface area contributed by atoms with Gasteiger partial charge in [0.1, 0.15) is 0 Å². The second-order valence-electron chi connectivity index (χ2n) is 3.73. The van der Waals surface area contributed by atoms with Crippen LogP contribution >= 0.6 is 0 Å². The van der Waals surface area contributed by atoms with Gasteiger partial charge in [-0.2, -0.15) is 0 Å². The maximum atomic E-state index is 11.9. The second-order valence-corrected chi connectivity index (χ2v) is 3.73. The number of pyridine rings is 1. The number of aryl methyl sites for hydroxylation is 2. The van der Waals surface area contributed by atoms with Crippen LogP contribution in [-0.4, -0.2) is 10.9 Å². The van der Waals surface area contributed by atoms with Crippen molar-refractivity contribution in [2.24, 2.45) is 0 Å². The third-order valence-corrected chi connectivity index (χ3v) is 2.74. The van der Waals surface area contributed by atoms with E-state index in [0.717, 1.165) is 24.1 Å². The third-order valence-electron chi connectivity index (χ3n) is 2.74. The highest BCUT2D eigenvalue weighted by molar-refractivity contribution is 6.04. The first-order valence-electron chi connectivity index (χ1n) is 5.16. The normalized spacial score (nSPS) is 14.4. The maximum Gasteiger partial charge on any atom is 0.259 e. The van der Waals surface area contributed by atoms with E-state index in [2.05, 4.69) is 10.3 Å². The van der Waals surface area contributed by atoms with Crippen LogP contribution in [0.2, 0.25) is 0 Å². The van der Waals surface area contributed by atoms with Gasteiger partial charge in [0.2, 0.25) is 5.88 Å². The Hall–Kier alpha value is -2.10. The summed E-state index contributed by atoms with van der Waals surface area (Å²) in [5.74, 6) is 0.401. The highest BCUT2D eigenvalue weighted by Crippen LogP contribution is 2.23. The molecule has 4 heteroatoms. The molecule has 3 rings (SSSR count). The van der Waals surface area contributed by atoms with Crippen molar-refractivity contribution in [3.8, 4) is 0 Å². The Morgan fingerprint density at radius 1 is 1.31 bits per heavy atom. The van der Waals surface area contributed by atoms with Gasteiger partial charge in [-0.1, -0.05) is 0 Å². The molecule has 2 aromatic rings. The quantitative estimate of drug-likeness (QED) is 0.730. The molecule has 1 aliphatic heterocycles. The second kappa shape index (κ2) is 3.48. The lowest BCUT2D eigenvalue weighted by molar-refractivity contribution is 0.102. The van der Waals surface area contributed by atoms with Gasteiger partial charge in [0.15, 0.2) is 0 Å². The van der Waals surface area contributed by atoms with Crippen LogP contribution in [0.25, 0.3) is 0 Å². The Balaban J connectivity index is 2.07. The molecule has 0 unspecified atom stereocenters. The van der Waals surface area contributed by atoms with Crippen LogP contribution < -0.4 is 5.32 Å². The molecule has 3 heterocycles. The van der Waals surface area contributed by atoms with Gasteiger partial charge < -0.3 is 4.42 Å². The van der Waals surface area contributed by atoms with E-state index in [1.807, 2.05) is 6.07 Å². The highest BCUT2D eigenvalue weighted by Gasteiger charge is 2.19. The Bertz CT molecular complexity index is 545. The number of hydrogen-bond acceptors (Lipinski definition) is 3. The number of anilines is 1. The zero-order chi connectivity index (χ0) is 11.0. The molecule has 0 fully saturated rings. The monoisotopic (exact) mass is 214 g/mol. The van der Waals surface area contributed by atoms with Crippen molar-refractivity contribution in [3.63, 3.8) is 0 Å². The minimum Gasteiger partial charge on any atom is -0.448 e. The van der Waals surface area contributed by atoms with Gasteiger partial charge in [0.05, 0.1) is 17.5 Å². The van der Waals surface area contributed by atoms with Crippen molar-refractivity contribution in [3.05, 3.63) is 47.5 Å². The summed E-state index contributed by atoms with van der Waals surface area (Å²) in [6, 6.07) is 5.43. The summed E-state index contributed by atoms with van der Waals surface area (Å²) in [6.07, 6.45) is 4.89. The summed E-state index contributed by atoms with van der Waals surface area (Å²) in [5, 5.41) is 2.75. The predicted octanol–water partition coefficient (Wildman–Crippen LogP) is 2.03. The highest BCUT2D eigenvalue weighted by atomic mass is 16.3. The van der Waals surface area contributed by atoms with Gasteiger partial charge in [-0.05, 0) is 31.0 Å². The molecule has 1 amide bonds. The number of rotatable bonds is 0. The Morgan fingerprint density at radius 3 is 3.19 bits per heavy atom. The van der Waals surface area contributed by atoms with E-state index in [0.29, 0.717) is 11.4 Å². The molecule has 2 aromatic heterocycles. The van der Waals surface area contributed by atoms with Crippen molar-refractivity contribution in [1.29, 1.82) is 0 Å². The van der Waals surface area contributed by atoms with Gasteiger partial charge >= 0.3 is 0 Å². The van der Waals surface area contributed by atoms with Crippen LogP contribution in [0.15, 0.2) is 35.1 Å². The van der Waals surface area contributed by atoms with Crippen molar-refractivity contribution in [2.45, 2.75) is 12.8 Å². The zero-order valence-corrected chi connectivity index (χ0v) is 8.56. The lowest BCUT2D eigenvalue weighted by atomic mass is 10.0. The number of furan rings is 1. The van der Waals surface area contributed by atoms with E-state index >= 15 is 0 Å². The van der Waals surface area contributed by atoms with E-state index in [1.54, 1.807) is 24.6 Å². The molecule has 0 bridgehead atoms. The average molecular weight is 214 g/mol. The van der Waals surface area contributed by atoms with Crippen LogP contribution in [0.4, 0.5) is 5.88 Å². The molecular weight excluding hydrogens is 204 g/mol. The molecule has 0 saturated heterocycles. The summed E-state index contributed by atoms with van der Waals surface area (Å²) in [5.41, 5.74) is 2.49. The van der Waals surface area contributed by atoms with E-state index in [9.17, 15) is 4.79 Å². The van der Waals surface area contributed by atoms with Gasteiger partial charge in [0.25, 0.3) is 5.91 Å². The molecule has 0 aromatic carbocycles. The first kappa shape index (κ1) is 9.15. The van der Waals surface area contributed by atoms with Crippen LogP contribution in [0.1, 0.15) is 21.6 Å². The molecule has 0 spiro atoms. The minimum atomic E-state index is -0.154. The van der Waals surface area contributed by atoms with Gasteiger partial charge in [-0.15, -0.1) is 0 Å². The van der Waals surface area contributed by atoms with Crippen molar-refractivity contribution in [1.82, 2.24) is 4.98 Å². The number of hydrogen-bond donors (Lipinski definition) is 1. The SMILES string of the molecule is O=C1Nc2occc2CCc2ncccc21. The summed E-state index contributed by atoms with van der Waals surface area (Å²) in [4.78, 5) is 16.1. The van der Waals surface area contributed by atoms with Crippen LogP contribution in [0.3, 0.4) is 0 Å². The molecule has 0 saturated carbocycles. The number of nitrogens with zero attached hydrogens (tertiary/aromatic N) is 1. The fraction of sp³-hybridized carbons (Fsp3) is 0.167. The first-order chi connectivity index (χ1) is 7.84. The summed E-state index contributed by atoms with van der Waals surface area (Å²) in [7, 11) is 0. The van der Waals surface area contributed by atoms with Gasteiger partial charge in [-0.25, -0.2) is 0 Å². The Kier molecular flexibility index (Phi) is 1.99. The number of carbonyl (C=O) groups is 1. The molecule has 1 N–H and O–H groups in total. The van der Waals surface area contributed by atoms with Crippen molar-refractivity contribution < 1.29 is 9.21 Å².